The van der Waals surface area contributed by atoms with Crippen LogP contribution in [0.3, 0.4) is 0 Å². The van der Waals surface area contributed by atoms with Gasteiger partial charge in [0.15, 0.2) is 0 Å². The molecule has 0 aromatic heterocycles. The Labute approximate surface area is 91.2 Å². The van der Waals surface area contributed by atoms with Crippen LogP contribution in [0.1, 0.15) is 18.1 Å². The summed E-state index contributed by atoms with van der Waals surface area (Å²) in [4.78, 5) is 0. The van der Waals surface area contributed by atoms with E-state index >= 15 is 0 Å². The van der Waals surface area contributed by atoms with E-state index in [0.29, 0.717) is 6.61 Å². The predicted molar refractivity (Wildman–Crippen MR) is 62.3 cm³/mol. The normalized spacial score (nSPS) is 12.5. The number of benzene rings is 1. The molecule has 0 aliphatic carbocycles. The Balaban J connectivity index is 2.81. The molecular formula is C12H19NO2. The van der Waals surface area contributed by atoms with Crippen LogP contribution in [0.2, 0.25) is 0 Å². The lowest BCUT2D eigenvalue weighted by molar-refractivity contribution is 0.0916. The van der Waals surface area contributed by atoms with Crippen molar-refractivity contribution in [2.24, 2.45) is 0 Å². The molecule has 1 aromatic rings. The number of rotatable bonds is 4. The van der Waals surface area contributed by atoms with Gasteiger partial charge in [-0.1, -0.05) is 0 Å². The predicted octanol–water partition coefficient (Wildman–Crippen LogP) is 2.30. The average molecular weight is 209 g/mol. The molecule has 0 aliphatic heterocycles. The van der Waals surface area contributed by atoms with E-state index in [2.05, 4.69) is 0 Å². The fourth-order valence-corrected chi connectivity index (χ4v) is 1.42. The monoisotopic (exact) mass is 209 g/mol. The van der Waals surface area contributed by atoms with Gasteiger partial charge < -0.3 is 15.2 Å². The van der Waals surface area contributed by atoms with Crippen molar-refractivity contribution in [1.29, 1.82) is 0 Å². The number of anilines is 1. The summed E-state index contributed by atoms with van der Waals surface area (Å²) in [6, 6.07) is 3.90. The van der Waals surface area contributed by atoms with Gasteiger partial charge in [-0.3, -0.25) is 0 Å². The fourth-order valence-electron chi connectivity index (χ4n) is 1.42. The summed E-state index contributed by atoms with van der Waals surface area (Å²) in [6.45, 7) is 6.53. The summed E-state index contributed by atoms with van der Waals surface area (Å²) in [7, 11) is 1.67. The zero-order valence-corrected chi connectivity index (χ0v) is 9.83. The van der Waals surface area contributed by atoms with E-state index in [1.165, 1.54) is 0 Å². The third kappa shape index (κ3) is 3.13. The maximum atomic E-state index is 5.80. The van der Waals surface area contributed by atoms with Crippen molar-refractivity contribution in [1.82, 2.24) is 0 Å². The van der Waals surface area contributed by atoms with E-state index < -0.39 is 0 Å². The van der Waals surface area contributed by atoms with Gasteiger partial charge in [-0.25, -0.2) is 0 Å². The van der Waals surface area contributed by atoms with Crippen LogP contribution in [0, 0.1) is 13.8 Å². The van der Waals surface area contributed by atoms with Gasteiger partial charge in [0.2, 0.25) is 0 Å². The van der Waals surface area contributed by atoms with Gasteiger partial charge in [-0.15, -0.1) is 0 Å². The number of aryl methyl sites for hydroxylation is 2. The highest BCUT2D eigenvalue weighted by Gasteiger charge is 2.07. The first-order chi connectivity index (χ1) is 7.04. The highest BCUT2D eigenvalue weighted by molar-refractivity contribution is 5.53. The Morgan fingerprint density at radius 2 is 1.93 bits per heavy atom. The SMILES string of the molecule is COCC(C)Oc1cc(C)c(N)cc1C. The molecular weight excluding hydrogens is 190 g/mol. The van der Waals surface area contributed by atoms with Crippen LogP contribution < -0.4 is 10.5 Å². The van der Waals surface area contributed by atoms with E-state index in [1.807, 2.05) is 32.9 Å². The van der Waals surface area contributed by atoms with Gasteiger partial charge in [0.1, 0.15) is 11.9 Å². The lowest BCUT2D eigenvalue weighted by Crippen LogP contribution is -2.18. The molecule has 2 N–H and O–H groups in total. The van der Waals surface area contributed by atoms with Crippen molar-refractivity contribution in [3.8, 4) is 5.75 Å². The molecule has 3 nitrogen and oxygen atoms in total. The summed E-state index contributed by atoms with van der Waals surface area (Å²) in [5, 5.41) is 0. The molecule has 0 amide bonds. The zero-order chi connectivity index (χ0) is 11.4. The molecule has 0 saturated heterocycles. The minimum absolute atomic E-state index is 0.0525. The Morgan fingerprint density at radius 1 is 1.27 bits per heavy atom. The van der Waals surface area contributed by atoms with Gasteiger partial charge >= 0.3 is 0 Å². The molecule has 1 rings (SSSR count). The summed E-state index contributed by atoms with van der Waals surface area (Å²) in [5.41, 5.74) is 8.70. The van der Waals surface area contributed by atoms with Crippen LogP contribution in [-0.4, -0.2) is 19.8 Å². The third-order valence-corrected chi connectivity index (χ3v) is 2.29. The molecule has 0 fully saturated rings. The largest absolute Gasteiger partial charge is 0.488 e. The van der Waals surface area contributed by atoms with E-state index in [4.69, 9.17) is 15.2 Å². The van der Waals surface area contributed by atoms with E-state index in [0.717, 1.165) is 22.6 Å². The maximum Gasteiger partial charge on any atom is 0.123 e. The smallest absolute Gasteiger partial charge is 0.123 e. The Kier molecular flexibility index (Phi) is 3.97. The summed E-state index contributed by atoms with van der Waals surface area (Å²) < 4.78 is 10.8. The second-order valence-corrected chi connectivity index (χ2v) is 3.86. The minimum Gasteiger partial charge on any atom is -0.488 e. The summed E-state index contributed by atoms with van der Waals surface area (Å²) in [5.74, 6) is 0.881. The molecule has 0 heterocycles. The van der Waals surface area contributed by atoms with Crippen molar-refractivity contribution in [3.05, 3.63) is 23.3 Å². The van der Waals surface area contributed by atoms with Gasteiger partial charge in [0, 0.05) is 12.8 Å². The molecule has 1 aromatic carbocycles. The molecule has 1 unspecified atom stereocenters. The summed E-state index contributed by atoms with van der Waals surface area (Å²) in [6.07, 6.45) is 0.0525. The van der Waals surface area contributed by atoms with Crippen LogP contribution in [0.25, 0.3) is 0 Å². The molecule has 0 radical (unpaired) electrons. The molecule has 0 bridgehead atoms. The van der Waals surface area contributed by atoms with Crippen molar-refractivity contribution in [3.63, 3.8) is 0 Å². The first-order valence-corrected chi connectivity index (χ1v) is 5.07. The Morgan fingerprint density at radius 3 is 2.53 bits per heavy atom. The zero-order valence-electron chi connectivity index (χ0n) is 9.83. The Hall–Kier alpha value is -1.22. The average Bonchev–Trinajstić information content (AvgIpc) is 2.14. The lowest BCUT2D eigenvalue weighted by atomic mass is 10.1. The number of methoxy groups -OCH3 is 1. The number of hydrogen-bond donors (Lipinski definition) is 1. The molecule has 0 aliphatic rings. The molecule has 3 heteroatoms. The molecule has 15 heavy (non-hydrogen) atoms. The van der Waals surface area contributed by atoms with Crippen LogP contribution in [0.4, 0.5) is 5.69 Å². The molecule has 1 atom stereocenters. The second-order valence-electron chi connectivity index (χ2n) is 3.86. The van der Waals surface area contributed by atoms with Gasteiger partial charge in [0.25, 0.3) is 0 Å². The first kappa shape index (κ1) is 11.9. The van der Waals surface area contributed by atoms with Crippen molar-refractivity contribution >= 4 is 5.69 Å². The quantitative estimate of drug-likeness (QED) is 0.774. The van der Waals surface area contributed by atoms with Gasteiger partial charge in [0.05, 0.1) is 6.61 Å². The van der Waals surface area contributed by atoms with Crippen LogP contribution >= 0.6 is 0 Å². The van der Waals surface area contributed by atoms with Gasteiger partial charge in [-0.05, 0) is 44.0 Å². The van der Waals surface area contributed by atoms with Crippen molar-refractivity contribution < 1.29 is 9.47 Å². The highest BCUT2D eigenvalue weighted by Crippen LogP contribution is 2.25. The van der Waals surface area contributed by atoms with Crippen molar-refractivity contribution in [2.75, 3.05) is 19.5 Å². The molecule has 0 saturated carbocycles. The molecule has 0 spiro atoms. The van der Waals surface area contributed by atoms with Crippen LogP contribution in [0.5, 0.6) is 5.75 Å². The number of nitrogens with two attached hydrogens (primary N) is 1. The van der Waals surface area contributed by atoms with E-state index in [1.54, 1.807) is 7.11 Å². The lowest BCUT2D eigenvalue weighted by Gasteiger charge is -2.16. The third-order valence-electron chi connectivity index (χ3n) is 2.29. The Bertz CT molecular complexity index is 337. The first-order valence-electron chi connectivity index (χ1n) is 5.07. The van der Waals surface area contributed by atoms with Crippen LogP contribution in [0.15, 0.2) is 12.1 Å². The summed E-state index contributed by atoms with van der Waals surface area (Å²) >= 11 is 0. The fraction of sp³-hybridized carbons (Fsp3) is 0.500. The highest BCUT2D eigenvalue weighted by atomic mass is 16.5. The second kappa shape index (κ2) is 5.03. The van der Waals surface area contributed by atoms with Gasteiger partial charge in [-0.2, -0.15) is 0 Å². The molecule has 84 valence electrons. The number of nitrogen functional groups attached to an aromatic ring is 1. The number of hydrogen-bond acceptors (Lipinski definition) is 3. The van der Waals surface area contributed by atoms with Crippen molar-refractivity contribution in [2.45, 2.75) is 26.9 Å². The van der Waals surface area contributed by atoms with Crippen LogP contribution in [-0.2, 0) is 4.74 Å². The standard InChI is InChI=1S/C12H19NO2/c1-8-6-12(9(2)5-11(8)13)15-10(3)7-14-4/h5-6,10H,7,13H2,1-4H3. The van der Waals surface area contributed by atoms with E-state index in [-0.39, 0.29) is 6.10 Å². The topological polar surface area (TPSA) is 44.5 Å². The number of ether oxygens (including phenoxy) is 2. The minimum atomic E-state index is 0.0525. The maximum absolute atomic E-state index is 5.80. The van der Waals surface area contributed by atoms with E-state index in [9.17, 15) is 0 Å².